The molecule has 2 heteroatoms. The van der Waals surface area contributed by atoms with Gasteiger partial charge in [0.05, 0.1) is 5.69 Å². The molecule has 0 fully saturated rings. The van der Waals surface area contributed by atoms with Crippen molar-refractivity contribution in [2.45, 2.75) is 38.5 Å². The number of benzene rings is 9. The summed E-state index contributed by atoms with van der Waals surface area (Å²) in [5, 5.41) is 2.65. The minimum atomic E-state index is -0.185. The Bertz CT molecular complexity index is 3420. The molecule has 0 saturated heterocycles. The van der Waals surface area contributed by atoms with Crippen molar-refractivity contribution in [2.24, 2.45) is 0 Å². The van der Waals surface area contributed by atoms with Gasteiger partial charge in [0.25, 0.3) is 0 Å². The van der Waals surface area contributed by atoms with Crippen LogP contribution in [0.5, 0.6) is 0 Å². The summed E-state index contributed by atoms with van der Waals surface area (Å²) in [4.78, 5) is 2.49. The summed E-state index contributed by atoms with van der Waals surface area (Å²) in [7, 11) is 0. The molecule has 2 aliphatic rings. The van der Waals surface area contributed by atoms with Gasteiger partial charge in [-0.05, 0) is 126 Å². The lowest BCUT2D eigenvalue weighted by Gasteiger charge is -2.32. The minimum Gasteiger partial charge on any atom is -0.310 e. The second kappa shape index (κ2) is 13.8. The van der Waals surface area contributed by atoms with Crippen LogP contribution in [-0.4, -0.2) is 0 Å². The zero-order valence-electron chi connectivity index (χ0n) is 35.4. The molecule has 1 aromatic heterocycles. The molecule has 1 heterocycles. The SMILES string of the molecule is CC1(C)c2ccccc2-c2cc(-c3cccc(-c4cccc(N(c5ccc(-c6cccc7c6sc6ccccc67)cc5)c5cccc6c5C(C)(C)c5ccccc5-6)c4)c3)ccc21. The van der Waals surface area contributed by atoms with E-state index in [-0.39, 0.29) is 10.8 Å². The van der Waals surface area contributed by atoms with E-state index in [0.717, 1.165) is 11.4 Å². The number of thiophene rings is 1. The van der Waals surface area contributed by atoms with Gasteiger partial charge in [-0.15, -0.1) is 11.3 Å². The number of nitrogens with zero attached hydrogens (tertiary/aromatic N) is 1. The van der Waals surface area contributed by atoms with Crippen molar-refractivity contribution in [1.82, 2.24) is 0 Å². The summed E-state index contributed by atoms with van der Waals surface area (Å²) < 4.78 is 2.66. The van der Waals surface area contributed by atoms with E-state index in [1.54, 1.807) is 0 Å². The summed E-state index contributed by atoms with van der Waals surface area (Å²) in [6.45, 7) is 9.46. The Morgan fingerprint density at radius 3 is 1.69 bits per heavy atom. The van der Waals surface area contributed by atoms with Crippen LogP contribution in [0.3, 0.4) is 0 Å². The Morgan fingerprint density at radius 2 is 0.903 bits per heavy atom. The van der Waals surface area contributed by atoms with Crippen LogP contribution in [0.1, 0.15) is 49.9 Å². The van der Waals surface area contributed by atoms with E-state index in [0.29, 0.717) is 0 Å². The van der Waals surface area contributed by atoms with E-state index >= 15 is 0 Å². The molecule has 0 saturated carbocycles. The molecule has 0 amide bonds. The van der Waals surface area contributed by atoms with Crippen molar-refractivity contribution in [3.8, 4) is 55.6 Å². The van der Waals surface area contributed by atoms with Gasteiger partial charge < -0.3 is 4.90 Å². The highest BCUT2D eigenvalue weighted by Crippen LogP contribution is 2.55. The van der Waals surface area contributed by atoms with E-state index in [1.807, 2.05) is 11.3 Å². The Morgan fingerprint density at radius 1 is 0.355 bits per heavy atom. The molecule has 1 nitrogen and oxygen atoms in total. The molecule has 0 aliphatic heterocycles. The van der Waals surface area contributed by atoms with Crippen LogP contribution in [0.15, 0.2) is 200 Å². The van der Waals surface area contributed by atoms with Gasteiger partial charge in [0.2, 0.25) is 0 Å². The summed E-state index contributed by atoms with van der Waals surface area (Å²) in [5.41, 5.74) is 21.5. The third-order valence-corrected chi connectivity index (χ3v) is 15.1. The molecule has 10 aromatic rings. The average Bonchev–Trinajstić information content (AvgIpc) is 3.89. The van der Waals surface area contributed by atoms with Crippen LogP contribution in [-0.2, 0) is 10.8 Å². The smallest absolute Gasteiger partial charge is 0.0508 e. The lowest BCUT2D eigenvalue weighted by Crippen LogP contribution is -2.20. The monoisotopic (exact) mass is 811 g/mol. The molecule has 0 N–H and O–H groups in total. The third kappa shape index (κ3) is 5.53. The standard InChI is InChI=1S/C60H45NS/c1-59(2)52-25-8-6-20-47(52)51-37-42(31-34-54(51)59)40-16-11-15-39(35-40)41-17-12-18-44(36-41)61(55-27-14-23-49-46-19-5-9-26-53(46)60(3,4)57(49)55)43-32-29-38(30-33-43)45-22-13-24-50-48-21-7-10-28-56(48)62-58(45)50/h5-37H,1-4H3. The summed E-state index contributed by atoms with van der Waals surface area (Å²) in [6.07, 6.45) is 0. The van der Waals surface area contributed by atoms with Crippen molar-refractivity contribution in [1.29, 1.82) is 0 Å². The fourth-order valence-electron chi connectivity index (χ4n) is 10.8. The normalized spacial score (nSPS) is 14.1. The second-order valence-corrected chi connectivity index (χ2v) is 19.1. The Kier molecular flexibility index (Phi) is 8.17. The van der Waals surface area contributed by atoms with E-state index in [2.05, 4.69) is 233 Å². The van der Waals surface area contributed by atoms with Crippen LogP contribution in [0.25, 0.3) is 75.8 Å². The molecule has 12 rings (SSSR count). The van der Waals surface area contributed by atoms with Gasteiger partial charge >= 0.3 is 0 Å². The van der Waals surface area contributed by atoms with Crippen molar-refractivity contribution < 1.29 is 0 Å². The Labute approximate surface area is 368 Å². The van der Waals surface area contributed by atoms with Gasteiger partial charge in [0.1, 0.15) is 0 Å². The topological polar surface area (TPSA) is 3.24 Å². The maximum Gasteiger partial charge on any atom is 0.0508 e. The molecular weight excluding hydrogens is 767 g/mol. The van der Waals surface area contributed by atoms with Gasteiger partial charge in [0.15, 0.2) is 0 Å². The van der Waals surface area contributed by atoms with Crippen LogP contribution >= 0.6 is 11.3 Å². The summed E-state index contributed by atoms with van der Waals surface area (Å²) in [5.74, 6) is 0. The highest BCUT2D eigenvalue weighted by atomic mass is 32.1. The lowest BCUT2D eigenvalue weighted by molar-refractivity contribution is 0.660. The number of anilines is 3. The van der Waals surface area contributed by atoms with Crippen molar-refractivity contribution >= 4 is 48.6 Å². The molecule has 0 atom stereocenters. The van der Waals surface area contributed by atoms with E-state index in [9.17, 15) is 0 Å². The molecule has 2 aliphatic carbocycles. The Balaban J connectivity index is 0.979. The van der Waals surface area contributed by atoms with Crippen molar-refractivity contribution in [2.75, 3.05) is 4.90 Å². The average molecular weight is 812 g/mol. The highest BCUT2D eigenvalue weighted by Gasteiger charge is 2.39. The van der Waals surface area contributed by atoms with Gasteiger partial charge in [-0.3, -0.25) is 0 Å². The number of hydrogen-bond donors (Lipinski definition) is 0. The number of rotatable bonds is 6. The maximum atomic E-state index is 2.49. The largest absolute Gasteiger partial charge is 0.310 e. The van der Waals surface area contributed by atoms with Crippen LogP contribution in [0, 0.1) is 0 Å². The molecule has 9 aromatic carbocycles. The second-order valence-electron chi connectivity index (χ2n) is 18.1. The van der Waals surface area contributed by atoms with Crippen LogP contribution in [0.4, 0.5) is 17.1 Å². The number of fused-ring (bicyclic) bond motifs is 9. The molecule has 0 radical (unpaired) electrons. The third-order valence-electron chi connectivity index (χ3n) is 13.9. The first-order valence-corrected chi connectivity index (χ1v) is 22.6. The zero-order chi connectivity index (χ0) is 41.7. The highest BCUT2D eigenvalue weighted by molar-refractivity contribution is 7.26. The fraction of sp³-hybridized carbons (Fsp3) is 0.100. The fourth-order valence-corrected chi connectivity index (χ4v) is 12.0. The first-order chi connectivity index (χ1) is 30.3. The van der Waals surface area contributed by atoms with Gasteiger partial charge in [-0.1, -0.05) is 179 Å². The molecule has 0 spiro atoms. The minimum absolute atomic E-state index is 0.0109. The predicted molar refractivity (Wildman–Crippen MR) is 265 cm³/mol. The first kappa shape index (κ1) is 36.8. The summed E-state index contributed by atoms with van der Waals surface area (Å²) in [6, 6.07) is 74.7. The molecule has 0 unspecified atom stereocenters. The molecular formula is C60H45NS. The van der Waals surface area contributed by atoms with Crippen LogP contribution < -0.4 is 4.90 Å². The Hall–Kier alpha value is -7.00. The van der Waals surface area contributed by atoms with Gasteiger partial charge in [-0.2, -0.15) is 0 Å². The predicted octanol–water partition coefficient (Wildman–Crippen LogP) is 17.1. The van der Waals surface area contributed by atoms with E-state index in [4.69, 9.17) is 0 Å². The van der Waals surface area contributed by atoms with Crippen LogP contribution in [0.2, 0.25) is 0 Å². The van der Waals surface area contributed by atoms with Gasteiger partial charge in [0, 0.05) is 42.4 Å². The maximum absolute atomic E-state index is 2.49. The van der Waals surface area contributed by atoms with Gasteiger partial charge in [-0.25, -0.2) is 0 Å². The molecule has 296 valence electrons. The lowest BCUT2D eigenvalue weighted by atomic mass is 9.81. The van der Waals surface area contributed by atoms with Crippen molar-refractivity contribution in [3.05, 3.63) is 222 Å². The quantitative estimate of drug-likeness (QED) is 0.162. The van der Waals surface area contributed by atoms with E-state index < -0.39 is 0 Å². The first-order valence-electron chi connectivity index (χ1n) is 21.8. The zero-order valence-corrected chi connectivity index (χ0v) is 36.2. The molecule has 62 heavy (non-hydrogen) atoms. The van der Waals surface area contributed by atoms with E-state index in [1.165, 1.54) is 104 Å². The number of hydrogen-bond acceptors (Lipinski definition) is 2. The van der Waals surface area contributed by atoms with Crippen molar-refractivity contribution in [3.63, 3.8) is 0 Å². The summed E-state index contributed by atoms with van der Waals surface area (Å²) >= 11 is 1.89. The molecule has 0 bridgehead atoms.